The van der Waals surface area contributed by atoms with Gasteiger partial charge in [-0.3, -0.25) is 4.79 Å². The lowest BCUT2D eigenvalue weighted by molar-refractivity contribution is -0.121. The fourth-order valence-electron chi connectivity index (χ4n) is 2.36. The van der Waals surface area contributed by atoms with Gasteiger partial charge in [-0.15, -0.1) is 0 Å². The minimum absolute atomic E-state index is 0.000869. The second-order valence-corrected chi connectivity index (χ2v) is 5.37. The number of rotatable bonds is 7. The molecule has 3 rings (SSSR count). The highest BCUT2D eigenvalue weighted by molar-refractivity contribution is 5.76. The summed E-state index contributed by atoms with van der Waals surface area (Å²) in [6, 6.07) is 13.3. The van der Waals surface area contributed by atoms with Gasteiger partial charge < -0.3 is 24.8 Å². The Bertz CT molecular complexity index is 701. The van der Waals surface area contributed by atoms with Crippen molar-refractivity contribution in [3.8, 4) is 17.2 Å². The molecule has 0 saturated heterocycles. The lowest BCUT2D eigenvalue weighted by Gasteiger charge is -2.08. The van der Waals surface area contributed by atoms with E-state index in [0.29, 0.717) is 19.5 Å². The molecule has 1 amide bonds. The number of anilines is 1. The van der Waals surface area contributed by atoms with Crippen LogP contribution in [0.2, 0.25) is 0 Å². The largest absolute Gasteiger partial charge is 0.497 e. The molecule has 1 heterocycles. The van der Waals surface area contributed by atoms with Gasteiger partial charge in [0.1, 0.15) is 5.75 Å². The number of nitrogens with one attached hydrogen (secondary N) is 2. The molecule has 0 fully saturated rings. The third-order valence-corrected chi connectivity index (χ3v) is 3.70. The van der Waals surface area contributed by atoms with Gasteiger partial charge in [-0.05, 0) is 29.8 Å². The first kappa shape index (κ1) is 16.0. The van der Waals surface area contributed by atoms with E-state index in [0.717, 1.165) is 28.5 Å². The van der Waals surface area contributed by atoms with Crippen LogP contribution in [-0.2, 0) is 11.3 Å². The van der Waals surface area contributed by atoms with Crippen molar-refractivity contribution in [3.05, 3.63) is 48.0 Å². The van der Waals surface area contributed by atoms with E-state index in [2.05, 4.69) is 10.6 Å². The minimum Gasteiger partial charge on any atom is -0.497 e. The summed E-state index contributed by atoms with van der Waals surface area (Å²) in [5.41, 5.74) is 1.94. The Morgan fingerprint density at radius 1 is 1.12 bits per heavy atom. The fraction of sp³-hybridized carbons (Fsp3) is 0.278. The number of methoxy groups -OCH3 is 1. The van der Waals surface area contributed by atoms with Gasteiger partial charge in [-0.25, -0.2) is 0 Å². The van der Waals surface area contributed by atoms with Crippen molar-refractivity contribution in [1.29, 1.82) is 0 Å². The molecule has 2 aromatic rings. The van der Waals surface area contributed by atoms with E-state index in [1.807, 2.05) is 42.5 Å². The van der Waals surface area contributed by atoms with E-state index in [4.69, 9.17) is 14.2 Å². The molecule has 126 valence electrons. The first-order valence-electron chi connectivity index (χ1n) is 7.78. The number of hydrogen-bond donors (Lipinski definition) is 2. The molecule has 6 heteroatoms. The Morgan fingerprint density at radius 2 is 1.92 bits per heavy atom. The standard InChI is InChI=1S/C18H20N2O4/c1-22-15-5-2-13(3-6-15)11-20-18(21)8-9-19-14-4-7-16-17(10-14)24-12-23-16/h2-7,10,19H,8-9,11-12H2,1H3,(H,20,21). The molecule has 0 radical (unpaired) electrons. The van der Waals surface area contributed by atoms with Gasteiger partial charge in [-0.2, -0.15) is 0 Å². The second kappa shape index (κ2) is 7.59. The Morgan fingerprint density at radius 3 is 2.71 bits per heavy atom. The first-order valence-corrected chi connectivity index (χ1v) is 7.78. The molecule has 0 saturated carbocycles. The molecule has 24 heavy (non-hydrogen) atoms. The topological polar surface area (TPSA) is 68.8 Å². The molecule has 1 aliphatic heterocycles. The van der Waals surface area contributed by atoms with Crippen molar-refractivity contribution in [1.82, 2.24) is 5.32 Å². The molecule has 6 nitrogen and oxygen atoms in total. The highest BCUT2D eigenvalue weighted by Crippen LogP contribution is 2.34. The van der Waals surface area contributed by atoms with Gasteiger partial charge >= 0.3 is 0 Å². The summed E-state index contributed by atoms with van der Waals surface area (Å²) < 4.78 is 15.7. The van der Waals surface area contributed by atoms with Crippen LogP contribution in [-0.4, -0.2) is 26.4 Å². The molecule has 0 aromatic heterocycles. The van der Waals surface area contributed by atoms with E-state index in [1.54, 1.807) is 7.11 Å². The van der Waals surface area contributed by atoms with E-state index in [-0.39, 0.29) is 12.7 Å². The zero-order valence-electron chi connectivity index (χ0n) is 13.5. The van der Waals surface area contributed by atoms with Crippen LogP contribution >= 0.6 is 0 Å². The van der Waals surface area contributed by atoms with Crippen LogP contribution in [0.3, 0.4) is 0 Å². The molecule has 0 atom stereocenters. The summed E-state index contributed by atoms with van der Waals surface area (Å²) in [6.07, 6.45) is 0.393. The van der Waals surface area contributed by atoms with Crippen LogP contribution in [0.1, 0.15) is 12.0 Å². The van der Waals surface area contributed by atoms with Crippen LogP contribution in [0.4, 0.5) is 5.69 Å². The quantitative estimate of drug-likeness (QED) is 0.817. The average molecular weight is 328 g/mol. The maximum atomic E-state index is 11.9. The molecule has 2 aromatic carbocycles. The van der Waals surface area contributed by atoms with Gasteiger partial charge in [0, 0.05) is 31.3 Å². The summed E-state index contributed by atoms with van der Waals surface area (Å²) in [5.74, 6) is 2.28. The van der Waals surface area contributed by atoms with E-state index < -0.39 is 0 Å². The first-order chi connectivity index (χ1) is 11.7. The Hall–Kier alpha value is -2.89. The Kier molecular flexibility index (Phi) is 5.05. The van der Waals surface area contributed by atoms with Crippen molar-refractivity contribution >= 4 is 11.6 Å². The highest BCUT2D eigenvalue weighted by Gasteiger charge is 2.13. The lowest BCUT2D eigenvalue weighted by atomic mass is 10.2. The van der Waals surface area contributed by atoms with Crippen molar-refractivity contribution in [2.75, 3.05) is 25.8 Å². The second-order valence-electron chi connectivity index (χ2n) is 5.37. The fourth-order valence-corrected chi connectivity index (χ4v) is 2.36. The molecule has 0 aliphatic carbocycles. The number of carbonyl (C=O) groups is 1. The van der Waals surface area contributed by atoms with Gasteiger partial charge in [-0.1, -0.05) is 12.1 Å². The number of hydrogen-bond acceptors (Lipinski definition) is 5. The summed E-state index contributed by atoms with van der Waals surface area (Å²) in [6.45, 7) is 1.31. The van der Waals surface area contributed by atoms with Crippen molar-refractivity contribution in [3.63, 3.8) is 0 Å². The summed E-state index contributed by atoms with van der Waals surface area (Å²) in [7, 11) is 1.63. The zero-order chi connectivity index (χ0) is 16.8. The van der Waals surface area contributed by atoms with E-state index in [1.165, 1.54) is 0 Å². The normalized spacial score (nSPS) is 11.9. The molecule has 0 bridgehead atoms. The highest BCUT2D eigenvalue weighted by atomic mass is 16.7. The predicted molar refractivity (Wildman–Crippen MR) is 90.5 cm³/mol. The van der Waals surface area contributed by atoms with Crippen molar-refractivity contribution in [2.45, 2.75) is 13.0 Å². The van der Waals surface area contributed by atoms with Crippen molar-refractivity contribution < 1.29 is 19.0 Å². The lowest BCUT2D eigenvalue weighted by Crippen LogP contribution is -2.24. The molecule has 1 aliphatic rings. The third-order valence-electron chi connectivity index (χ3n) is 3.70. The molecule has 0 spiro atoms. The van der Waals surface area contributed by atoms with Crippen LogP contribution < -0.4 is 24.8 Å². The number of amides is 1. The maximum Gasteiger partial charge on any atom is 0.231 e. The summed E-state index contributed by atoms with van der Waals surface area (Å²) in [5, 5.41) is 6.11. The monoisotopic (exact) mass is 328 g/mol. The van der Waals surface area contributed by atoms with E-state index in [9.17, 15) is 4.79 Å². The summed E-state index contributed by atoms with van der Waals surface area (Å²) >= 11 is 0. The molecule has 0 unspecified atom stereocenters. The number of benzene rings is 2. The van der Waals surface area contributed by atoms with Crippen LogP contribution in [0, 0.1) is 0 Å². The SMILES string of the molecule is COc1ccc(CNC(=O)CCNc2ccc3c(c2)OCO3)cc1. The minimum atomic E-state index is -0.000869. The Labute approximate surface area is 140 Å². The zero-order valence-corrected chi connectivity index (χ0v) is 13.5. The average Bonchev–Trinajstić information content (AvgIpc) is 3.08. The number of fused-ring (bicyclic) bond motifs is 1. The van der Waals surface area contributed by atoms with Gasteiger partial charge in [0.25, 0.3) is 0 Å². The summed E-state index contributed by atoms with van der Waals surface area (Å²) in [4.78, 5) is 11.9. The van der Waals surface area contributed by atoms with Crippen LogP contribution in [0.25, 0.3) is 0 Å². The Balaban J connectivity index is 1.39. The van der Waals surface area contributed by atoms with Crippen molar-refractivity contribution in [2.24, 2.45) is 0 Å². The third kappa shape index (κ3) is 4.10. The predicted octanol–water partition coefficient (Wildman–Crippen LogP) is 2.54. The van der Waals surface area contributed by atoms with E-state index >= 15 is 0 Å². The molecule has 2 N–H and O–H groups in total. The van der Waals surface area contributed by atoms with Crippen LogP contribution in [0.5, 0.6) is 17.2 Å². The maximum absolute atomic E-state index is 11.9. The number of carbonyl (C=O) groups excluding carboxylic acids is 1. The van der Waals surface area contributed by atoms with Gasteiger partial charge in [0.2, 0.25) is 12.7 Å². The van der Waals surface area contributed by atoms with Gasteiger partial charge in [0.05, 0.1) is 7.11 Å². The molecular formula is C18H20N2O4. The number of ether oxygens (including phenoxy) is 3. The van der Waals surface area contributed by atoms with Crippen LogP contribution in [0.15, 0.2) is 42.5 Å². The molecular weight excluding hydrogens is 308 g/mol. The van der Waals surface area contributed by atoms with Gasteiger partial charge in [0.15, 0.2) is 11.5 Å². The smallest absolute Gasteiger partial charge is 0.231 e.